The van der Waals surface area contributed by atoms with E-state index in [4.69, 9.17) is 5.73 Å². The molecule has 0 aliphatic carbocycles. The Balaban J connectivity index is 2.62. The summed E-state index contributed by atoms with van der Waals surface area (Å²) in [7, 11) is 0. The summed E-state index contributed by atoms with van der Waals surface area (Å²) in [6.07, 6.45) is 0. The van der Waals surface area contributed by atoms with Gasteiger partial charge in [0.1, 0.15) is 5.82 Å². The number of hydrogen-bond donors (Lipinski definition) is 2. The van der Waals surface area contributed by atoms with Gasteiger partial charge in [0.2, 0.25) is 0 Å². The molecule has 0 unspecified atom stereocenters. The highest BCUT2D eigenvalue weighted by atomic mass is 19.1. The molecule has 1 heterocycles. The van der Waals surface area contributed by atoms with Gasteiger partial charge in [0, 0.05) is 11.3 Å². The molecule has 0 aliphatic rings. The van der Waals surface area contributed by atoms with Crippen molar-refractivity contribution in [3.8, 4) is 11.3 Å². The van der Waals surface area contributed by atoms with E-state index in [1.54, 1.807) is 19.1 Å². The molecule has 0 saturated heterocycles. The molecule has 0 fully saturated rings. The summed E-state index contributed by atoms with van der Waals surface area (Å²) in [5, 5.41) is 0. The van der Waals surface area contributed by atoms with Gasteiger partial charge < -0.3 is 10.7 Å². The molecule has 0 atom stereocenters. The predicted molar refractivity (Wildman–Crippen MR) is 65.3 cm³/mol. The number of benzene rings is 1. The van der Waals surface area contributed by atoms with E-state index in [9.17, 15) is 9.18 Å². The molecule has 0 radical (unpaired) electrons. The quantitative estimate of drug-likeness (QED) is 0.782. The van der Waals surface area contributed by atoms with Gasteiger partial charge in [-0.05, 0) is 26.0 Å². The molecule has 88 valence electrons. The van der Waals surface area contributed by atoms with E-state index in [1.807, 2.05) is 0 Å². The minimum Gasteiger partial charge on any atom is -0.396 e. The number of nitrogens with two attached hydrogens (primary N) is 1. The normalized spacial score (nSPS) is 10.5. The van der Waals surface area contributed by atoms with Crippen LogP contribution in [0.4, 0.5) is 10.1 Å². The number of ketones is 1. The fraction of sp³-hybridized carbons (Fsp3) is 0.154. The van der Waals surface area contributed by atoms with Gasteiger partial charge in [0.15, 0.2) is 5.78 Å². The SMILES string of the molecule is CC(=O)c1c(C)[nH]c(-c2cccc(F)c2)c1N. The zero-order chi connectivity index (χ0) is 12.6. The zero-order valence-corrected chi connectivity index (χ0v) is 9.67. The number of aryl methyl sites for hydroxylation is 1. The van der Waals surface area contributed by atoms with Crippen LogP contribution in [-0.2, 0) is 0 Å². The van der Waals surface area contributed by atoms with Gasteiger partial charge in [-0.1, -0.05) is 12.1 Å². The molecule has 0 saturated carbocycles. The first kappa shape index (κ1) is 11.4. The molecular weight excluding hydrogens is 219 g/mol. The number of nitrogen functional groups attached to an aromatic ring is 1. The van der Waals surface area contributed by atoms with Crippen LogP contribution in [0.25, 0.3) is 11.3 Å². The standard InChI is InChI=1S/C13H13FN2O/c1-7-11(8(2)17)12(15)13(16-7)9-4-3-5-10(14)6-9/h3-6,16H,15H2,1-2H3. The second-order valence-electron chi connectivity index (χ2n) is 3.98. The van der Waals surface area contributed by atoms with Crippen molar-refractivity contribution in [2.24, 2.45) is 0 Å². The molecule has 2 rings (SSSR count). The molecule has 1 aromatic carbocycles. The van der Waals surface area contributed by atoms with Crippen molar-refractivity contribution in [2.45, 2.75) is 13.8 Å². The number of H-pyrrole nitrogens is 1. The summed E-state index contributed by atoms with van der Waals surface area (Å²) in [6, 6.07) is 6.09. The number of carbonyl (C=O) groups excluding carboxylic acids is 1. The molecule has 3 nitrogen and oxygen atoms in total. The van der Waals surface area contributed by atoms with Crippen LogP contribution in [0.5, 0.6) is 0 Å². The Morgan fingerprint density at radius 1 is 1.41 bits per heavy atom. The maximum absolute atomic E-state index is 13.1. The van der Waals surface area contributed by atoms with E-state index in [2.05, 4.69) is 4.98 Å². The monoisotopic (exact) mass is 232 g/mol. The van der Waals surface area contributed by atoms with E-state index in [0.717, 1.165) is 0 Å². The Morgan fingerprint density at radius 2 is 2.12 bits per heavy atom. The lowest BCUT2D eigenvalue weighted by molar-refractivity contribution is 0.101. The van der Waals surface area contributed by atoms with Gasteiger partial charge in [0.05, 0.1) is 16.9 Å². The summed E-state index contributed by atoms with van der Waals surface area (Å²) < 4.78 is 13.1. The number of rotatable bonds is 2. The van der Waals surface area contributed by atoms with E-state index in [-0.39, 0.29) is 11.6 Å². The van der Waals surface area contributed by atoms with Crippen LogP contribution in [0.1, 0.15) is 23.0 Å². The Labute approximate surface area is 98.5 Å². The van der Waals surface area contributed by atoms with Crippen molar-refractivity contribution in [1.29, 1.82) is 0 Å². The lowest BCUT2D eigenvalue weighted by atomic mass is 10.1. The van der Waals surface area contributed by atoms with Gasteiger partial charge in [-0.15, -0.1) is 0 Å². The molecule has 3 N–H and O–H groups in total. The van der Waals surface area contributed by atoms with Crippen molar-refractivity contribution in [3.63, 3.8) is 0 Å². The highest BCUT2D eigenvalue weighted by molar-refractivity contribution is 6.03. The van der Waals surface area contributed by atoms with Gasteiger partial charge in [-0.25, -0.2) is 4.39 Å². The molecule has 1 aromatic heterocycles. The van der Waals surface area contributed by atoms with Crippen LogP contribution in [0, 0.1) is 12.7 Å². The Hall–Kier alpha value is -2.10. The average molecular weight is 232 g/mol. The van der Waals surface area contributed by atoms with E-state index >= 15 is 0 Å². The summed E-state index contributed by atoms with van der Waals surface area (Å²) in [6.45, 7) is 3.23. The van der Waals surface area contributed by atoms with Crippen LogP contribution < -0.4 is 5.73 Å². The second kappa shape index (κ2) is 4.05. The number of carbonyl (C=O) groups is 1. The largest absolute Gasteiger partial charge is 0.396 e. The Bertz CT molecular complexity index is 587. The molecule has 0 aliphatic heterocycles. The van der Waals surface area contributed by atoms with E-state index in [0.29, 0.717) is 28.2 Å². The first-order valence-corrected chi connectivity index (χ1v) is 5.25. The Morgan fingerprint density at radius 3 is 2.65 bits per heavy atom. The number of anilines is 1. The fourth-order valence-electron chi connectivity index (χ4n) is 1.97. The molecule has 0 amide bonds. The number of halogens is 1. The van der Waals surface area contributed by atoms with Crippen molar-refractivity contribution in [3.05, 3.63) is 41.3 Å². The molecule has 17 heavy (non-hydrogen) atoms. The molecule has 4 heteroatoms. The number of Topliss-reactive ketones (excluding diaryl/α,β-unsaturated/α-hetero) is 1. The molecule has 2 aromatic rings. The van der Waals surface area contributed by atoms with Crippen molar-refractivity contribution in [1.82, 2.24) is 4.98 Å². The highest BCUT2D eigenvalue weighted by Gasteiger charge is 2.16. The Kier molecular flexibility index (Phi) is 2.71. The number of hydrogen-bond acceptors (Lipinski definition) is 2. The van der Waals surface area contributed by atoms with Crippen LogP contribution >= 0.6 is 0 Å². The molecular formula is C13H13FN2O. The van der Waals surface area contributed by atoms with Crippen LogP contribution in [-0.4, -0.2) is 10.8 Å². The number of nitrogens with one attached hydrogen (secondary N) is 1. The molecule has 0 bridgehead atoms. The second-order valence-corrected chi connectivity index (χ2v) is 3.98. The van der Waals surface area contributed by atoms with Crippen molar-refractivity contribution >= 4 is 11.5 Å². The minimum absolute atomic E-state index is 0.0982. The fourth-order valence-corrected chi connectivity index (χ4v) is 1.97. The third-order valence-corrected chi connectivity index (χ3v) is 2.69. The maximum Gasteiger partial charge on any atom is 0.163 e. The summed E-state index contributed by atoms with van der Waals surface area (Å²) in [4.78, 5) is 14.4. The smallest absolute Gasteiger partial charge is 0.163 e. The van der Waals surface area contributed by atoms with Crippen molar-refractivity contribution < 1.29 is 9.18 Å². The lowest BCUT2D eigenvalue weighted by Crippen LogP contribution is -1.98. The van der Waals surface area contributed by atoms with Gasteiger partial charge in [-0.3, -0.25) is 4.79 Å². The topological polar surface area (TPSA) is 58.9 Å². The lowest BCUT2D eigenvalue weighted by Gasteiger charge is -2.01. The zero-order valence-electron chi connectivity index (χ0n) is 9.67. The number of aromatic amines is 1. The summed E-state index contributed by atoms with van der Waals surface area (Å²) >= 11 is 0. The van der Waals surface area contributed by atoms with Crippen LogP contribution in [0.3, 0.4) is 0 Å². The summed E-state index contributed by atoms with van der Waals surface area (Å²) in [5.74, 6) is -0.433. The first-order chi connectivity index (χ1) is 8.00. The van der Waals surface area contributed by atoms with E-state index in [1.165, 1.54) is 19.1 Å². The molecule has 0 spiro atoms. The maximum atomic E-state index is 13.1. The van der Waals surface area contributed by atoms with Crippen LogP contribution in [0.2, 0.25) is 0 Å². The third-order valence-electron chi connectivity index (χ3n) is 2.69. The minimum atomic E-state index is -0.335. The van der Waals surface area contributed by atoms with E-state index < -0.39 is 0 Å². The van der Waals surface area contributed by atoms with Crippen molar-refractivity contribution in [2.75, 3.05) is 5.73 Å². The van der Waals surface area contributed by atoms with Gasteiger partial charge in [0.25, 0.3) is 0 Å². The number of aromatic nitrogens is 1. The first-order valence-electron chi connectivity index (χ1n) is 5.25. The average Bonchev–Trinajstić information content (AvgIpc) is 2.54. The van der Waals surface area contributed by atoms with Gasteiger partial charge in [-0.2, -0.15) is 0 Å². The third kappa shape index (κ3) is 1.93. The van der Waals surface area contributed by atoms with Gasteiger partial charge >= 0.3 is 0 Å². The predicted octanol–water partition coefficient (Wildman–Crippen LogP) is 2.91. The summed E-state index contributed by atoms with van der Waals surface area (Å²) in [5.41, 5.74) is 8.69. The highest BCUT2D eigenvalue weighted by Crippen LogP contribution is 2.30. The van der Waals surface area contributed by atoms with Crippen LogP contribution in [0.15, 0.2) is 24.3 Å².